The molecule has 1 fully saturated rings. The summed E-state index contributed by atoms with van der Waals surface area (Å²) in [5, 5.41) is 0. The van der Waals surface area contributed by atoms with E-state index in [0.717, 1.165) is 25.7 Å². The van der Waals surface area contributed by atoms with Crippen molar-refractivity contribution in [2.75, 3.05) is 13.2 Å². The minimum absolute atomic E-state index is 0.217. The molecule has 0 radical (unpaired) electrons. The Morgan fingerprint density at radius 1 is 1.25 bits per heavy atom. The summed E-state index contributed by atoms with van der Waals surface area (Å²) in [4.78, 5) is 10.6. The summed E-state index contributed by atoms with van der Waals surface area (Å²) in [5.74, 6) is -0.316. The minimum atomic E-state index is -0.316. The van der Waals surface area contributed by atoms with Gasteiger partial charge in [0.05, 0.1) is 12.2 Å². The van der Waals surface area contributed by atoms with Crippen LogP contribution in [0.25, 0.3) is 0 Å². The molecule has 4 heteroatoms. The highest BCUT2D eigenvalue weighted by Crippen LogP contribution is 2.41. The highest BCUT2D eigenvalue weighted by atomic mass is 16.5. The maximum absolute atomic E-state index is 10.6. The predicted molar refractivity (Wildman–Crippen MR) is 63.8 cm³/mol. The van der Waals surface area contributed by atoms with Crippen molar-refractivity contribution in [2.45, 2.75) is 51.6 Å². The number of hydrogen-bond acceptors (Lipinski definition) is 3. The van der Waals surface area contributed by atoms with Crippen molar-refractivity contribution in [3.8, 4) is 0 Å². The number of rotatable bonds is 5. The van der Waals surface area contributed by atoms with Crippen LogP contribution in [0.3, 0.4) is 0 Å². The number of carbonyl (C=O) groups is 1. The molecule has 0 heterocycles. The van der Waals surface area contributed by atoms with Gasteiger partial charge < -0.3 is 16.2 Å². The quantitative estimate of drug-likeness (QED) is 0.741. The van der Waals surface area contributed by atoms with Gasteiger partial charge in [-0.2, -0.15) is 0 Å². The predicted octanol–water partition coefficient (Wildman–Crippen LogP) is 1.18. The molecule has 0 aromatic carbocycles. The Kier molecular flexibility index (Phi) is 4.33. The zero-order chi connectivity index (χ0) is 12.2. The Balaban J connectivity index is 2.43. The van der Waals surface area contributed by atoms with Crippen molar-refractivity contribution < 1.29 is 9.53 Å². The van der Waals surface area contributed by atoms with Crippen molar-refractivity contribution in [3.63, 3.8) is 0 Å². The second-order valence-corrected chi connectivity index (χ2v) is 5.62. The van der Waals surface area contributed by atoms with Gasteiger partial charge in [0.25, 0.3) is 0 Å². The van der Waals surface area contributed by atoms with Gasteiger partial charge in [-0.25, -0.2) is 0 Å². The van der Waals surface area contributed by atoms with Crippen LogP contribution in [0.1, 0.15) is 46.0 Å². The number of amides is 1. The first-order valence-corrected chi connectivity index (χ1v) is 6.02. The fourth-order valence-electron chi connectivity index (χ4n) is 2.16. The molecular weight excluding hydrogens is 204 g/mol. The van der Waals surface area contributed by atoms with Crippen LogP contribution < -0.4 is 11.5 Å². The lowest BCUT2D eigenvalue weighted by Gasteiger charge is -2.42. The molecule has 1 rings (SSSR count). The van der Waals surface area contributed by atoms with E-state index in [1.165, 1.54) is 0 Å². The topological polar surface area (TPSA) is 78.3 Å². The molecular formula is C12H24N2O2. The molecule has 4 nitrogen and oxygen atoms in total. The minimum Gasteiger partial charge on any atom is -0.373 e. The van der Waals surface area contributed by atoms with Gasteiger partial charge in [0.1, 0.15) is 0 Å². The second kappa shape index (κ2) is 5.15. The van der Waals surface area contributed by atoms with Gasteiger partial charge in [-0.3, -0.25) is 4.79 Å². The summed E-state index contributed by atoms with van der Waals surface area (Å²) in [5.41, 5.74) is 11.1. The SMILES string of the molecule is CC1(C)CCC(CN)(OCCC(N)=O)CC1. The van der Waals surface area contributed by atoms with E-state index in [2.05, 4.69) is 13.8 Å². The summed E-state index contributed by atoms with van der Waals surface area (Å²) >= 11 is 0. The fraction of sp³-hybridized carbons (Fsp3) is 0.917. The molecule has 0 aromatic rings. The van der Waals surface area contributed by atoms with Gasteiger partial charge in [-0.05, 0) is 31.1 Å². The lowest BCUT2D eigenvalue weighted by molar-refractivity contribution is -0.123. The van der Waals surface area contributed by atoms with Gasteiger partial charge in [-0.1, -0.05) is 13.8 Å². The molecule has 0 atom stereocenters. The van der Waals surface area contributed by atoms with Crippen molar-refractivity contribution in [1.29, 1.82) is 0 Å². The first-order valence-electron chi connectivity index (χ1n) is 6.02. The van der Waals surface area contributed by atoms with Crippen LogP contribution in [-0.4, -0.2) is 24.7 Å². The second-order valence-electron chi connectivity index (χ2n) is 5.62. The first-order chi connectivity index (χ1) is 7.39. The van der Waals surface area contributed by atoms with Gasteiger partial charge in [0.2, 0.25) is 5.91 Å². The van der Waals surface area contributed by atoms with Gasteiger partial charge in [0.15, 0.2) is 0 Å². The molecule has 0 spiro atoms. The summed E-state index contributed by atoms with van der Waals surface area (Å²) in [6, 6.07) is 0. The molecule has 0 saturated heterocycles. The molecule has 1 aliphatic rings. The van der Waals surface area contributed by atoms with E-state index in [9.17, 15) is 4.79 Å². The van der Waals surface area contributed by atoms with E-state index >= 15 is 0 Å². The maximum atomic E-state index is 10.6. The van der Waals surface area contributed by atoms with Crippen LogP contribution in [-0.2, 0) is 9.53 Å². The van der Waals surface area contributed by atoms with Crippen LogP contribution in [0.15, 0.2) is 0 Å². The molecule has 0 bridgehead atoms. The van der Waals surface area contributed by atoms with E-state index in [4.69, 9.17) is 16.2 Å². The summed E-state index contributed by atoms with van der Waals surface area (Å²) in [7, 11) is 0. The molecule has 0 aromatic heterocycles. The zero-order valence-corrected chi connectivity index (χ0v) is 10.4. The molecule has 4 N–H and O–H groups in total. The largest absolute Gasteiger partial charge is 0.373 e. The van der Waals surface area contributed by atoms with Crippen molar-refractivity contribution in [2.24, 2.45) is 16.9 Å². The number of nitrogens with two attached hydrogens (primary N) is 2. The highest BCUT2D eigenvalue weighted by molar-refractivity contribution is 5.73. The van der Waals surface area contributed by atoms with Crippen LogP contribution in [0.4, 0.5) is 0 Å². The zero-order valence-electron chi connectivity index (χ0n) is 10.4. The Bertz CT molecular complexity index is 241. The average Bonchev–Trinajstić information content (AvgIpc) is 2.21. The van der Waals surface area contributed by atoms with Crippen LogP contribution in [0.5, 0.6) is 0 Å². The number of carbonyl (C=O) groups excluding carboxylic acids is 1. The number of hydrogen-bond donors (Lipinski definition) is 2. The van der Waals surface area contributed by atoms with Gasteiger partial charge >= 0.3 is 0 Å². The molecule has 1 aliphatic carbocycles. The third-order valence-electron chi connectivity index (χ3n) is 3.64. The highest BCUT2D eigenvalue weighted by Gasteiger charge is 2.38. The molecule has 94 valence electrons. The lowest BCUT2D eigenvalue weighted by Crippen LogP contribution is -2.46. The van der Waals surface area contributed by atoms with E-state index in [1.54, 1.807) is 0 Å². The molecule has 0 aliphatic heterocycles. The van der Waals surface area contributed by atoms with E-state index in [1.807, 2.05) is 0 Å². The number of primary amides is 1. The Hall–Kier alpha value is -0.610. The normalized spacial score (nSPS) is 22.9. The number of ether oxygens (including phenoxy) is 1. The molecule has 1 amide bonds. The van der Waals surface area contributed by atoms with Crippen LogP contribution >= 0.6 is 0 Å². The Labute approximate surface area is 97.7 Å². The summed E-state index contributed by atoms with van der Waals surface area (Å²) in [6.45, 7) is 5.47. The van der Waals surface area contributed by atoms with Gasteiger partial charge in [-0.15, -0.1) is 0 Å². The third kappa shape index (κ3) is 3.76. The maximum Gasteiger partial charge on any atom is 0.219 e. The Morgan fingerprint density at radius 2 is 1.81 bits per heavy atom. The summed E-state index contributed by atoms with van der Waals surface area (Å²) < 4.78 is 5.80. The van der Waals surface area contributed by atoms with E-state index in [-0.39, 0.29) is 17.9 Å². The van der Waals surface area contributed by atoms with E-state index in [0.29, 0.717) is 18.6 Å². The molecule has 16 heavy (non-hydrogen) atoms. The van der Waals surface area contributed by atoms with Crippen LogP contribution in [0, 0.1) is 5.41 Å². The fourth-order valence-corrected chi connectivity index (χ4v) is 2.16. The van der Waals surface area contributed by atoms with Crippen molar-refractivity contribution in [3.05, 3.63) is 0 Å². The third-order valence-corrected chi connectivity index (χ3v) is 3.64. The van der Waals surface area contributed by atoms with E-state index < -0.39 is 0 Å². The molecule has 0 unspecified atom stereocenters. The monoisotopic (exact) mass is 228 g/mol. The first kappa shape index (κ1) is 13.5. The molecule has 1 saturated carbocycles. The van der Waals surface area contributed by atoms with Crippen LogP contribution in [0.2, 0.25) is 0 Å². The standard InChI is InChI=1S/C12H24N2O2/c1-11(2)4-6-12(9-13,7-5-11)16-8-3-10(14)15/h3-9,13H2,1-2H3,(H2,14,15). The average molecular weight is 228 g/mol. The Morgan fingerprint density at radius 3 is 2.25 bits per heavy atom. The van der Waals surface area contributed by atoms with Crippen molar-refractivity contribution in [1.82, 2.24) is 0 Å². The van der Waals surface area contributed by atoms with Crippen molar-refractivity contribution >= 4 is 5.91 Å². The van der Waals surface area contributed by atoms with Gasteiger partial charge in [0, 0.05) is 13.0 Å². The summed E-state index contributed by atoms with van der Waals surface area (Å²) in [6.07, 6.45) is 4.50. The smallest absolute Gasteiger partial charge is 0.219 e. The lowest BCUT2D eigenvalue weighted by atomic mass is 9.71.